The zero-order valence-corrected chi connectivity index (χ0v) is 9.03. The zero-order valence-electron chi connectivity index (χ0n) is 8.27. The minimum absolute atomic E-state index is 0.621. The van der Waals surface area contributed by atoms with Crippen LogP contribution < -0.4 is 4.74 Å². The fourth-order valence-electron chi connectivity index (χ4n) is 1.38. The topological polar surface area (TPSA) is 22.1 Å². The number of aromatic nitrogens is 1. The minimum atomic E-state index is 0.621. The summed E-state index contributed by atoms with van der Waals surface area (Å²) in [5.74, 6) is 0.686. The van der Waals surface area contributed by atoms with E-state index < -0.39 is 0 Å². The fourth-order valence-corrected chi connectivity index (χ4v) is 1.58. The Morgan fingerprint density at radius 1 is 1.07 bits per heavy atom. The lowest BCUT2D eigenvalue weighted by Gasteiger charge is -2.06. The maximum atomic E-state index is 5.95. The molecular formula is C12H10ClNO. The molecule has 1 aromatic carbocycles. The van der Waals surface area contributed by atoms with Crippen molar-refractivity contribution in [3.63, 3.8) is 0 Å². The van der Waals surface area contributed by atoms with E-state index in [4.69, 9.17) is 16.3 Å². The third-order valence-electron chi connectivity index (χ3n) is 2.16. The van der Waals surface area contributed by atoms with Crippen molar-refractivity contribution in [2.75, 3.05) is 7.11 Å². The number of rotatable bonds is 2. The van der Waals surface area contributed by atoms with Crippen LogP contribution in [0.25, 0.3) is 11.1 Å². The second kappa shape index (κ2) is 4.32. The Bertz CT molecular complexity index is 456. The summed E-state index contributed by atoms with van der Waals surface area (Å²) in [5, 5.41) is 0.621. The summed E-state index contributed by atoms with van der Waals surface area (Å²) in [4.78, 5) is 3.97. The van der Waals surface area contributed by atoms with Crippen LogP contribution in [0.1, 0.15) is 0 Å². The van der Waals surface area contributed by atoms with Crippen LogP contribution in [-0.4, -0.2) is 12.1 Å². The van der Waals surface area contributed by atoms with Crippen molar-refractivity contribution in [1.82, 2.24) is 4.98 Å². The van der Waals surface area contributed by atoms with Crippen molar-refractivity contribution in [3.05, 3.63) is 47.7 Å². The highest BCUT2D eigenvalue weighted by molar-refractivity contribution is 6.32. The van der Waals surface area contributed by atoms with Crippen molar-refractivity contribution in [1.29, 1.82) is 0 Å². The lowest BCUT2D eigenvalue weighted by molar-refractivity contribution is 0.415. The molecule has 2 nitrogen and oxygen atoms in total. The van der Waals surface area contributed by atoms with Crippen molar-refractivity contribution >= 4 is 11.6 Å². The molecule has 0 amide bonds. The largest absolute Gasteiger partial charge is 0.495 e. The first-order chi connectivity index (χ1) is 7.31. The molecule has 0 aliphatic heterocycles. The van der Waals surface area contributed by atoms with E-state index in [1.54, 1.807) is 19.5 Å². The van der Waals surface area contributed by atoms with Gasteiger partial charge >= 0.3 is 0 Å². The Morgan fingerprint density at radius 3 is 2.47 bits per heavy atom. The van der Waals surface area contributed by atoms with Crippen LogP contribution in [0, 0.1) is 0 Å². The lowest BCUT2D eigenvalue weighted by Crippen LogP contribution is -1.85. The number of nitrogens with zero attached hydrogens (tertiary/aromatic N) is 1. The molecule has 0 bridgehead atoms. The molecule has 0 radical (unpaired) electrons. The Balaban J connectivity index is 2.46. The van der Waals surface area contributed by atoms with Crippen LogP contribution in [0.15, 0.2) is 42.7 Å². The van der Waals surface area contributed by atoms with Crippen molar-refractivity contribution in [3.8, 4) is 16.9 Å². The standard InChI is InChI=1S/C12H10ClNO/c1-15-12-8-10(2-3-11(12)13)9-4-6-14-7-5-9/h2-8H,1H3. The van der Waals surface area contributed by atoms with Gasteiger partial charge in [-0.2, -0.15) is 0 Å². The number of ether oxygens (including phenoxy) is 1. The van der Waals surface area contributed by atoms with Crippen LogP contribution in [-0.2, 0) is 0 Å². The molecule has 15 heavy (non-hydrogen) atoms. The molecule has 0 fully saturated rings. The normalized spacial score (nSPS) is 10.0. The molecule has 0 atom stereocenters. The molecule has 0 aliphatic carbocycles. The van der Waals surface area contributed by atoms with E-state index in [0.29, 0.717) is 10.8 Å². The van der Waals surface area contributed by atoms with Crippen LogP contribution in [0.5, 0.6) is 5.75 Å². The number of pyridine rings is 1. The van der Waals surface area contributed by atoms with Crippen LogP contribution >= 0.6 is 11.6 Å². The predicted molar refractivity (Wildman–Crippen MR) is 61.2 cm³/mol. The maximum Gasteiger partial charge on any atom is 0.138 e. The SMILES string of the molecule is COc1cc(-c2ccncc2)ccc1Cl. The number of benzene rings is 1. The lowest BCUT2D eigenvalue weighted by atomic mass is 10.1. The van der Waals surface area contributed by atoms with E-state index in [2.05, 4.69) is 4.98 Å². The predicted octanol–water partition coefficient (Wildman–Crippen LogP) is 3.41. The summed E-state index contributed by atoms with van der Waals surface area (Å²) >= 11 is 5.95. The molecular weight excluding hydrogens is 210 g/mol. The van der Waals surface area contributed by atoms with Gasteiger partial charge in [-0.3, -0.25) is 4.98 Å². The summed E-state index contributed by atoms with van der Waals surface area (Å²) < 4.78 is 5.16. The average Bonchev–Trinajstić information content (AvgIpc) is 2.31. The van der Waals surface area contributed by atoms with E-state index in [-0.39, 0.29) is 0 Å². The van der Waals surface area contributed by atoms with Gasteiger partial charge in [0.15, 0.2) is 0 Å². The average molecular weight is 220 g/mol. The molecule has 0 spiro atoms. The summed E-state index contributed by atoms with van der Waals surface area (Å²) in [5.41, 5.74) is 2.17. The van der Waals surface area contributed by atoms with Crippen LogP contribution in [0.3, 0.4) is 0 Å². The third kappa shape index (κ3) is 2.10. The summed E-state index contributed by atoms with van der Waals surface area (Å²) in [6.45, 7) is 0. The van der Waals surface area contributed by atoms with E-state index in [0.717, 1.165) is 11.1 Å². The fraction of sp³-hybridized carbons (Fsp3) is 0.0833. The molecule has 0 N–H and O–H groups in total. The molecule has 2 aromatic rings. The third-order valence-corrected chi connectivity index (χ3v) is 2.48. The summed E-state index contributed by atoms with van der Waals surface area (Å²) in [6.07, 6.45) is 3.52. The molecule has 0 aliphatic rings. The molecule has 2 rings (SSSR count). The monoisotopic (exact) mass is 219 g/mol. The van der Waals surface area contributed by atoms with Gasteiger partial charge in [0, 0.05) is 12.4 Å². The molecule has 0 saturated heterocycles. The van der Waals surface area contributed by atoms with Gasteiger partial charge in [-0.15, -0.1) is 0 Å². The van der Waals surface area contributed by atoms with Crippen molar-refractivity contribution in [2.45, 2.75) is 0 Å². The Morgan fingerprint density at radius 2 is 1.80 bits per heavy atom. The number of halogens is 1. The molecule has 1 heterocycles. The minimum Gasteiger partial charge on any atom is -0.495 e. The Hall–Kier alpha value is -1.54. The smallest absolute Gasteiger partial charge is 0.138 e. The highest BCUT2D eigenvalue weighted by Gasteiger charge is 2.03. The first kappa shape index (κ1) is 9.99. The molecule has 3 heteroatoms. The van der Waals surface area contributed by atoms with Gasteiger partial charge in [0.05, 0.1) is 12.1 Å². The molecule has 76 valence electrons. The number of hydrogen-bond acceptors (Lipinski definition) is 2. The maximum absolute atomic E-state index is 5.95. The number of methoxy groups -OCH3 is 1. The second-order valence-electron chi connectivity index (χ2n) is 3.09. The van der Waals surface area contributed by atoms with Gasteiger partial charge in [-0.25, -0.2) is 0 Å². The zero-order chi connectivity index (χ0) is 10.7. The quantitative estimate of drug-likeness (QED) is 0.772. The summed E-state index contributed by atoms with van der Waals surface area (Å²) in [6, 6.07) is 9.60. The van der Waals surface area contributed by atoms with Gasteiger partial charge in [-0.1, -0.05) is 17.7 Å². The Labute approximate surface area is 93.5 Å². The van der Waals surface area contributed by atoms with Gasteiger partial charge in [0.2, 0.25) is 0 Å². The van der Waals surface area contributed by atoms with Gasteiger partial charge < -0.3 is 4.74 Å². The van der Waals surface area contributed by atoms with Crippen molar-refractivity contribution < 1.29 is 4.74 Å². The highest BCUT2D eigenvalue weighted by Crippen LogP contribution is 2.29. The first-order valence-corrected chi connectivity index (χ1v) is 4.93. The highest BCUT2D eigenvalue weighted by atomic mass is 35.5. The molecule has 0 saturated carbocycles. The number of hydrogen-bond donors (Lipinski definition) is 0. The van der Waals surface area contributed by atoms with E-state index >= 15 is 0 Å². The molecule has 1 aromatic heterocycles. The van der Waals surface area contributed by atoms with E-state index in [9.17, 15) is 0 Å². The van der Waals surface area contributed by atoms with E-state index in [1.807, 2.05) is 30.3 Å². The van der Waals surface area contributed by atoms with Gasteiger partial charge in [-0.05, 0) is 35.4 Å². The van der Waals surface area contributed by atoms with Gasteiger partial charge in [0.1, 0.15) is 5.75 Å². The van der Waals surface area contributed by atoms with Gasteiger partial charge in [0.25, 0.3) is 0 Å². The summed E-state index contributed by atoms with van der Waals surface area (Å²) in [7, 11) is 1.61. The first-order valence-electron chi connectivity index (χ1n) is 4.55. The van der Waals surface area contributed by atoms with Crippen LogP contribution in [0.4, 0.5) is 0 Å². The van der Waals surface area contributed by atoms with E-state index in [1.165, 1.54) is 0 Å². The Kier molecular flexibility index (Phi) is 2.88. The van der Waals surface area contributed by atoms with Crippen LogP contribution in [0.2, 0.25) is 5.02 Å². The second-order valence-corrected chi connectivity index (χ2v) is 3.49. The molecule has 0 unspecified atom stereocenters. The van der Waals surface area contributed by atoms with Crippen molar-refractivity contribution in [2.24, 2.45) is 0 Å².